The third kappa shape index (κ3) is 4.17. The molecule has 2 aliphatic carbocycles. The van der Waals surface area contributed by atoms with Crippen LogP contribution < -0.4 is 14.5 Å². The van der Waals surface area contributed by atoms with E-state index in [1.807, 2.05) is 6.08 Å². The number of halogens is 3. The number of imide groups is 2. The number of carbonyl (C=O) groups excluding carboxylic acids is 4. The summed E-state index contributed by atoms with van der Waals surface area (Å²) >= 11 is 12.1. The van der Waals surface area contributed by atoms with Gasteiger partial charge >= 0.3 is 0 Å². The van der Waals surface area contributed by atoms with Crippen LogP contribution in [0.15, 0.2) is 72.3 Å². The van der Waals surface area contributed by atoms with Gasteiger partial charge in [-0.1, -0.05) is 40.9 Å². The second-order valence-corrected chi connectivity index (χ2v) is 13.0. The highest BCUT2D eigenvalue weighted by molar-refractivity contribution is 6.32. The number of fused-ring (bicyclic) bond motifs is 4. The Labute approximate surface area is 268 Å². The van der Waals surface area contributed by atoms with Crippen LogP contribution in [-0.2, 0) is 19.2 Å². The monoisotopic (exact) mass is 648 g/mol. The molecule has 3 fully saturated rings. The first-order chi connectivity index (χ1) is 21.5. The largest absolute Gasteiger partial charge is 0.508 e. The van der Waals surface area contributed by atoms with Crippen LogP contribution in [0.2, 0.25) is 10.0 Å². The molecule has 0 spiro atoms. The van der Waals surface area contributed by atoms with Crippen LogP contribution in [-0.4, -0.2) is 35.8 Å². The first kappa shape index (κ1) is 29.5. The number of phenolic OH excluding ortho intramolecular Hbond substituents is 1. The Kier molecular flexibility index (Phi) is 6.83. The molecule has 2 heterocycles. The van der Waals surface area contributed by atoms with Crippen LogP contribution in [0.1, 0.15) is 31.2 Å². The molecule has 0 aromatic heterocycles. The fraction of sp³-hybridized carbons (Fsp3) is 0.294. The zero-order chi connectivity index (χ0) is 31.9. The van der Waals surface area contributed by atoms with Gasteiger partial charge in [-0.2, -0.15) is 0 Å². The molecule has 2 saturated heterocycles. The van der Waals surface area contributed by atoms with E-state index in [0.29, 0.717) is 22.0 Å². The van der Waals surface area contributed by atoms with Gasteiger partial charge in [0.15, 0.2) is 0 Å². The average Bonchev–Trinajstić information content (AvgIpc) is 3.39. The van der Waals surface area contributed by atoms with Gasteiger partial charge in [0.1, 0.15) is 17.3 Å². The summed E-state index contributed by atoms with van der Waals surface area (Å²) in [5.41, 5.74) is 0.522. The van der Waals surface area contributed by atoms with Crippen LogP contribution in [0.5, 0.6) is 11.5 Å². The predicted octanol–water partition coefficient (Wildman–Crippen LogP) is 6.28. The van der Waals surface area contributed by atoms with Gasteiger partial charge in [0.25, 0.3) is 0 Å². The summed E-state index contributed by atoms with van der Waals surface area (Å²) in [6.45, 7) is 1.73. The summed E-state index contributed by atoms with van der Waals surface area (Å²) in [5.74, 6) is -5.73. The van der Waals surface area contributed by atoms with Crippen molar-refractivity contribution in [3.63, 3.8) is 0 Å². The Morgan fingerprint density at radius 2 is 1.60 bits per heavy atom. The van der Waals surface area contributed by atoms with Gasteiger partial charge in [0.2, 0.25) is 23.6 Å². The Morgan fingerprint density at radius 3 is 2.29 bits per heavy atom. The lowest BCUT2D eigenvalue weighted by Gasteiger charge is -2.49. The summed E-state index contributed by atoms with van der Waals surface area (Å²) in [7, 11) is 1.45. The third-order valence-electron chi connectivity index (χ3n) is 10.0. The van der Waals surface area contributed by atoms with Crippen molar-refractivity contribution in [3.05, 3.63) is 93.7 Å². The molecule has 11 heteroatoms. The van der Waals surface area contributed by atoms with E-state index in [-0.39, 0.29) is 41.1 Å². The lowest BCUT2D eigenvalue weighted by molar-refractivity contribution is -0.131. The van der Waals surface area contributed by atoms with Crippen LogP contribution in [0.25, 0.3) is 0 Å². The van der Waals surface area contributed by atoms with Crippen molar-refractivity contribution in [2.45, 2.75) is 25.7 Å². The summed E-state index contributed by atoms with van der Waals surface area (Å²) in [6.07, 6.45) is 2.34. The molecule has 4 aliphatic rings. The van der Waals surface area contributed by atoms with E-state index in [1.165, 1.54) is 36.3 Å². The molecule has 8 nitrogen and oxygen atoms in total. The zero-order valence-corrected chi connectivity index (χ0v) is 25.7. The first-order valence-corrected chi connectivity index (χ1v) is 15.3. The number of anilines is 2. The molecular weight excluding hydrogens is 622 g/mol. The van der Waals surface area contributed by atoms with Crippen molar-refractivity contribution in [1.82, 2.24) is 0 Å². The molecule has 7 rings (SSSR count). The number of rotatable bonds is 4. The van der Waals surface area contributed by atoms with E-state index in [2.05, 4.69) is 0 Å². The Balaban J connectivity index is 1.38. The number of carbonyl (C=O) groups is 4. The van der Waals surface area contributed by atoms with E-state index >= 15 is 0 Å². The normalized spacial score (nSPS) is 29.0. The quantitative estimate of drug-likeness (QED) is 0.264. The number of benzene rings is 3. The number of aromatic hydroxyl groups is 1. The molecule has 3 aromatic rings. The van der Waals surface area contributed by atoms with E-state index < -0.39 is 52.6 Å². The number of methoxy groups -OCH3 is 1. The number of hydrogen-bond acceptors (Lipinski definition) is 6. The average molecular weight is 650 g/mol. The Bertz CT molecular complexity index is 1840. The number of allylic oxidation sites excluding steroid dienone is 2. The minimum atomic E-state index is -1.35. The lowest BCUT2D eigenvalue weighted by Crippen LogP contribution is -2.49. The molecule has 0 radical (unpaired) electrons. The lowest BCUT2D eigenvalue weighted by atomic mass is 9.51. The van der Waals surface area contributed by atoms with Crippen molar-refractivity contribution in [1.29, 1.82) is 0 Å². The molecule has 230 valence electrons. The molecule has 3 aromatic carbocycles. The number of hydrogen-bond donors (Lipinski definition) is 1. The third-order valence-corrected chi connectivity index (χ3v) is 10.6. The zero-order valence-electron chi connectivity index (χ0n) is 24.2. The number of ether oxygens (including phenoxy) is 1. The smallest absolute Gasteiger partial charge is 0.241 e. The number of nitrogens with zero attached hydrogens (tertiary/aromatic N) is 2. The highest BCUT2D eigenvalue weighted by Gasteiger charge is 2.68. The fourth-order valence-electron chi connectivity index (χ4n) is 8.01. The van der Waals surface area contributed by atoms with E-state index in [0.717, 1.165) is 16.5 Å². The van der Waals surface area contributed by atoms with Gasteiger partial charge in [0.05, 0.1) is 46.7 Å². The first-order valence-electron chi connectivity index (χ1n) is 14.5. The summed E-state index contributed by atoms with van der Waals surface area (Å²) in [6, 6.07) is 14.7. The van der Waals surface area contributed by atoms with Gasteiger partial charge in [-0.25, -0.2) is 9.29 Å². The van der Waals surface area contributed by atoms with Crippen LogP contribution in [0.3, 0.4) is 0 Å². The SMILES string of the molecule is COc1cc(O)ccc1[C@H]1C2=CC[C@@H]3C(=O)N(c4ccc(Cl)cc4)C(=O)[C@@H]3[C@@H]2C[C@H]2C(=O)N(c3ccc(F)c(Cl)c3)C(=O)[C@@]12C. The van der Waals surface area contributed by atoms with Gasteiger partial charge in [0, 0.05) is 22.6 Å². The molecule has 45 heavy (non-hydrogen) atoms. The van der Waals surface area contributed by atoms with Gasteiger partial charge < -0.3 is 9.84 Å². The van der Waals surface area contributed by atoms with E-state index in [4.69, 9.17) is 27.9 Å². The molecule has 0 bridgehead atoms. The van der Waals surface area contributed by atoms with Gasteiger partial charge in [-0.3, -0.25) is 24.1 Å². The van der Waals surface area contributed by atoms with E-state index in [1.54, 1.807) is 37.3 Å². The molecule has 1 N–H and O–H groups in total. The minimum absolute atomic E-state index is 0.0473. The summed E-state index contributed by atoms with van der Waals surface area (Å²) in [5, 5.41) is 10.5. The standard InChI is InChI=1S/C34H27Cl2FN2O6/c1-34-24(31(42)39(33(34)44)18-7-12-26(37)25(36)13-18)15-23-20(29(34)21-9-8-19(40)14-27(21)45-2)10-11-22-28(23)32(43)38(30(22)41)17-5-3-16(35)4-6-17/h3-10,12-14,22-24,28-29,40H,11,15H2,1-2H3/t22-,23+,24-,28-,29+,34+/m0/s1. The Morgan fingerprint density at radius 1 is 0.889 bits per heavy atom. The maximum atomic E-state index is 14.5. The second kappa shape index (κ2) is 10.4. The Hall–Kier alpha value is -4.21. The van der Waals surface area contributed by atoms with Crippen molar-refractivity contribution >= 4 is 58.2 Å². The van der Waals surface area contributed by atoms with Crippen LogP contribution >= 0.6 is 23.2 Å². The highest BCUT2D eigenvalue weighted by Crippen LogP contribution is 2.64. The van der Waals surface area contributed by atoms with Gasteiger partial charge in [-0.05, 0) is 74.2 Å². The van der Waals surface area contributed by atoms with Crippen molar-refractivity contribution in [2.24, 2.45) is 29.1 Å². The molecule has 1 saturated carbocycles. The van der Waals surface area contributed by atoms with Gasteiger partial charge in [-0.15, -0.1) is 0 Å². The number of amides is 4. The minimum Gasteiger partial charge on any atom is -0.508 e. The van der Waals surface area contributed by atoms with E-state index in [9.17, 15) is 28.7 Å². The van der Waals surface area contributed by atoms with Crippen molar-refractivity contribution < 1.29 is 33.4 Å². The molecule has 2 aliphatic heterocycles. The summed E-state index contributed by atoms with van der Waals surface area (Å²) < 4.78 is 19.8. The van der Waals surface area contributed by atoms with Crippen molar-refractivity contribution in [3.8, 4) is 11.5 Å². The maximum Gasteiger partial charge on any atom is 0.241 e. The molecular formula is C34H27Cl2FN2O6. The van der Waals surface area contributed by atoms with Crippen LogP contribution in [0.4, 0.5) is 15.8 Å². The topological polar surface area (TPSA) is 104 Å². The molecule has 0 unspecified atom stereocenters. The number of phenols is 1. The second-order valence-electron chi connectivity index (χ2n) is 12.2. The summed E-state index contributed by atoms with van der Waals surface area (Å²) in [4.78, 5) is 58.9. The molecule has 6 atom stereocenters. The highest BCUT2D eigenvalue weighted by atomic mass is 35.5. The van der Waals surface area contributed by atoms with Crippen LogP contribution in [0, 0.1) is 34.9 Å². The maximum absolute atomic E-state index is 14.5. The molecule has 4 amide bonds. The van der Waals surface area contributed by atoms with Crippen molar-refractivity contribution in [2.75, 3.05) is 16.9 Å². The fourth-order valence-corrected chi connectivity index (χ4v) is 8.31. The predicted molar refractivity (Wildman–Crippen MR) is 165 cm³/mol.